The summed E-state index contributed by atoms with van der Waals surface area (Å²) in [6.45, 7) is 2.42. The van der Waals surface area contributed by atoms with E-state index in [9.17, 15) is 9.59 Å². The van der Waals surface area contributed by atoms with Crippen LogP contribution in [0.1, 0.15) is 44.1 Å². The second kappa shape index (κ2) is 8.73. The summed E-state index contributed by atoms with van der Waals surface area (Å²) in [6, 6.07) is 5.30. The third-order valence-corrected chi connectivity index (χ3v) is 4.43. The van der Waals surface area contributed by atoms with Gasteiger partial charge in [-0.1, -0.05) is 29.3 Å². The molecular weight excluding hydrogens is 312 g/mol. The molecule has 2 N–H and O–H groups in total. The Morgan fingerprint density at radius 1 is 1.22 bits per heavy atom. The molecule has 1 aliphatic rings. The molecule has 124 valence electrons. The number of hydrogen-bond acceptors (Lipinski definition) is 2. The third-order valence-electron chi connectivity index (χ3n) is 4.02. The number of nitrogens with one attached hydrogen (secondary N) is 2. The lowest BCUT2D eigenvalue weighted by atomic mass is 9.97. The maximum atomic E-state index is 11.9. The summed E-state index contributed by atoms with van der Waals surface area (Å²) < 4.78 is 0. The molecule has 0 bridgehead atoms. The molecule has 1 aromatic rings. The largest absolute Gasteiger partial charge is 0.355 e. The van der Waals surface area contributed by atoms with Crippen LogP contribution >= 0.6 is 11.6 Å². The van der Waals surface area contributed by atoms with Gasteiger partial charge in [-0.15, -0.1) is 0 Å². The summed E-state index contributed by atoms with van der Waals surface area (Å²) >= 11 is 6.01. The highest BCUT2D eigenvalue weighted by Crippen LogP contribution is 2.23. The number of carbonyl (C=O) groups excluding carboxylic acids is 2. The molecular formula is C18H23ClN2O2. The monoisotopic (exact) mass is 334 g/mol. The van der Waals surface area contributed by atoms with Crippen molar-refractivity contribution in [2.75, 3.05) is 11.9 Å². The number of benzene rings is 1. The minimum atomic E-state index is -0.329. The minimum Gasteiger partial charge on any atom is -0.355 e. The van der Waals surface area contributed by atoms with Crippen molar-refractivity contribution < 1.29 is 9.59 Å². The van der Waals surface area contributed by atoms with Crippen LogP contribution in [-0.2, 0) is 9.59 Å². The van der Waals surface area contributed by atoms with Crippen LogP contribution in [0.3, 0.4) is 0 Å². The molecule has 0 fully saturated rings. The maximum Gasteiger partial charge on any atom is 0.233 e. The molecule has 2 amide bonds. The Bertz CT molecular complexity index is 611. The number of hydrogen-bond donors (Lipinski definition) is 2. The Labute approximate surface area is 142 Å². The fraction of sp³-hybridized carbons (Fsp3) is 0.444. The molecule has 0 saturated heterocycles. The zero-order chi connectivity index (χ0) is 16.7. The van der Waals surface area contributed by atoms with Gasteiger partial charge in [0.15, 0.2) is 0 Å². The van der Waals surface area contributed by atoms with E-state index >= 15 is 0 Å². The predicted octanol–water partition coefficient (Wildman–Crippen LogP) is 3.98. The number of amides is 2. The van der Waals surface area contributed by atoms with Gasteiger partial charge in [0.2, 0.25) is 11.8 Å². The quantitative estimate of drug-likeness (QED) is 0.610. The summed E-state index contributed by atoms with van der Waals surface area (Å²) in [5, 5.41) is 6.12. The summed E-state index contributed by atoms with van der Waals surface area (Å²) in [7, 11) is 0. The Kier molecular flexibility index (Phi) is 6.66. The topological polar surface area (TPSA) is 58.2 Å². The number of halogens is 1. The van der Waals surface area contributed by atoms with Crippen LogP contribution in [0.4, 0.5) is 5.69 Å². The zero-order valence-electron chi connectivity index (χ0n) is 13.5. The van der Waals surface area contributed by atoms with Gasteiger partial charge in [-0.25, -0.2) is 0 Å². The standard InChI is InChI=1S/C18H23ClN2O2/c1-13-15(19)8-5-9-16(13)21-18(23)12-17(22)20-11-10-14-6-3-2-4-7-14/h5-6,8-9H,2-4,7,10-12H2,1H3,(H,20,22)(H,21,23). The Hall–Kier alpha value is -1.81. The molecule has 0 spiro atoms. The summed E-state index contributed by atoms with van der Waals surface area (Å²) in [5.74, 6) is -0.580. The van der Waals surface area contributed by atoms with Crippen molar-refractivity contribution in [1.82, 2.24) is 5.32 Å². The van der Waals surface area contributed by atoms with E-state index in [1.165, 1.54) is 18.4 Å². The van der Waals surface area contributed by atoms with Crippen molar-refractivity contribution in [3.05, 3.63) is 40.4 Å². The van der Waals surface area contributed by atoms with E-state index in [0.717, 1.165) is 24.8 Å². The van der Waals surface area contributed by atoms with Crippen LogP contribution in [0, 0.1) is 6.92 Å². The van der Waals surface area contributed by atoms with Crippen LogP contribution in [0.2, 0.25) is 5.02 Å². The molecule has 1 aliphatic carbocycles. The molecule has 0 radical (unpaired) electrons. The molecule has 0 aromatic heterocycles. The first kappa shape index (κ1) is 17.5. The van der Waals surface area contributed by atoms with E-state index < -0.39 is 0 Å². The Morgan fingerprint density at radius 3 is 2.78 bits per heavy atom. The molecule has 23 heavy (non-hydrogen) atoms. The second-order valence-corrected chi connectivity index (χ2v) is 6.25. The van der Waals surface area contributed by atoms with Crippen LogP contribution in [0.5, 0.6) is 0 Å². The smallest absolute Gasteiger partial charge is 0.233 e. The van der Waals surface area contributed by atoms with Crippen LogP contribution < -0.4 is 10.6 Å². The van der Waals surface area contributed by atoms with E-state index in [-0.39, 0.29) is 18.2 Å². The van der Waals surface area contributed by atoms with Crippen molar-refractivity contribution in [3.63, 3.8) is 0 Å². The Morgan fingerprint density at radius 2 is 2.04 bits per heavy atom. The van der Waals surface area contributed by atoms with Gasteiger partial charge in [0.05, 0.1) is 0 Å². The highest BCUT2D eigenvalue weighted by atomic mass is 35.5. The minimum absolute atomic E-state index is 0.176. The summed E-state index contributed by atoms with van der Waals surface area (Å²) in [5.41, 5.74) is 2.85. The van der Waals surface area contributed by atoms with Crippen molar-refractivity contribution in [3.8, 4) is 0 Å². The van der Waals surface area contributed by atoms with Crippen molar-refractivity contribution in [2.45, 2.75) is 45.4 Å². The first-order valence-electron chi connectivity index (χ1n) is 8.06. The number of carbonyl (C=O) groups is 2. The van der Waals surface area contributed by atoms with Gasteiger partial charge < -0.3 is 10.6 Å². The van der Waals surface area contributed by atoms with E-state index in [4.69, 9.17) is 11.6 Å². The SMILES string of the molecule is Cc1c(Cl)cccc1NC(=O)CC(=O)NCCC1=CCCCC1. The third kappa shape index (κ3) is 5.71. The number of allylic oxidation sites excluding steroid dienone is 1. The lowest BCUT2D eigenvalue weighted by Gasteiger charge is -2.13. The highest BCUT2D eigenvalue weighted by Gasteiger charge is 2.12. The molecule has 0 aliphatic heterocycles. The van der Waals surface area contributed by atoms with Crippen LogP contribution in [0.15, 0.2) is 29.8 Å². The van der Waals surface area contributed by atoms with Crippen molar-refractivity contribution in [2.24, 2.45) is 0 Å². The second-order valence-electron chi connectivity index (χ2n) is 5.85. The first-order chi connectivity index (χ1) is 11.1. The van der Waals surface area contributed by atoms with Gasteiger partial charge in [-0.2, -0.15) is 0 Å². The van der Waals surface area contributed by atoms with E-state index in [0.29, 0.717) is 17.3 Å². The van der Waals surface area contributed by atoms with Crippen LogP contribution in [0.25, 0.3) is 0 Å². The molecule has 1 aromatic carbocycles. The first-order valence-corrected chi connectivity index (χ1v) is 8.43. The molecule has 0 heterocycles. The van der Waals surface area contributed by atoms with Crippen LogP contribution in [-0.4, -0.2) is 18.4 Å². The molecule has 0 unspecified atom stereocenters. The maximum absolute atomic E-state index is 11.9. The highest BCUT2D eigenvalue weighted by molar-refractivity contribution is 6.31. The lowest BCUT2D eigenvalue weighted by Crippen LogP contribution is -2.29. The average molecular weight is 335 g/mol. The van der Waals surface area contributed by atoms with Gasteiger partial charge in [0.1, 0.15) is 6.42 Å². The summed E-state index contributed by atoms with van der Waals surface area (Å²) in [6.07, 6.45) is 7.74. The lowest BCUT2D eigenvalue weighted by molar-refractivity contribution is -0.126. The fourth-order valence-electron chi connectivity index (χ4n) is 2.64. The fourth-order valence-corrected chi connectivity index (χ4v) is 2.81. The molecule has 2 rings (SSSR count). The van der Waals surface area contributed by atoms with Gasteiger partial charge in [-0.05, 0) is 56.7 Å². The van der Waals surface area contributed by atoms with Crippen molar-refractivity contribution in [1.29, 1.82) is 0 Å². The average Bonchev–Trinajstić information content (AvgIpc) is 2.53. The number of rotatable bonds is 6. The Balaban J connectivity index is 1.73. The molecule has 0 saturated carbocycles. The van der Waals surface area contributed by atoms with E-state index in [1.54, 1.807) is 18.2 Å². The molecule has 4 nitrogen and oxygen atoms in total. The normalized spacial score (nSPS) is 14.1. The molecule has 5 heteroatoms. The van der Waals surface area contributed by atoms with E-state index in [2.05, 4.69) is 16.7 Å². The zero-order valence-corrected chi connectivity index (χ0v) is 14.2. The van der Waals surface area contributed by atoms with Crippen molar-refractivity contribution >= 4 is 29.1 Å². The van der Waals surface area contributed by atoms with Gasteiger partial charge in [0, 0.05) is 17.3 Å². The number of anilines is 1. The van der Waals surface area contributed by atoms with E-state index in [1.807, 2.05) is 6.92 Å². The molecule has 0 atom stereocenters. The van der Waals surface area contributed by atoms with Gasteiger partial charge in [-0.3, -0.25) is 9.59 Å². The van der Waals surface area contributed by atoms with Gasteiger partial charge >= 0.3 is 0 Å². The summed E-state index contributed by atoms with van der Waals surface area (Å²) in [4.78, 5) is 23.7. The predicted molar refractivity (Wildman–Crippen MR) is 93.6 cm³/mol. The van der Waals surface area contributed by atoms with Gasteiger partial charge in [0.25, 0.3) is 0 Å².